The fraction of sp³-hybridized carbons (Fsp3) is 0.455. The quantitative estimate of drug-likeness (QED) is 0.562. The summed E-state index contributed by atoms with van der Waals surface area (Å²) in [6, 6.07) is 1.92. The topological polar surface area (TPSA) is 81.3 Å². The van der Waals surface area contributed by atoms with Crippen molar-refractivity contribution in [1.29, 1.82) is 5.26 Å². The highest BCUT2D eigenvalue weighted by Gasteiger charge is 2.25. The zero-order chi connectivity index (χ0) is 11.7. The van der Waals surface area contributed by atoms with Crippen LogP contribution in [0.15, 0.2) is 4.79 Å². The number of H-pyrrole nitrogens is 1. The summed E-state index contributed by atoms with van der Waals surface area (Å²) in [5.41, 5.74) is 1.11. The van der Waals surface area contributed by atoms with Crippen LogP contribution in [-0.2, 0) is 13.0 Å². The number of likely N-dealkylation sites (N-methyl/N-ethyl adjacent to an activating group) is 1. The molecule has 0 fully saturated rings. The molecule has 0 aromatic carbocycles. The molecule has 0 saturated heterocycles. The zero-order valence-corrected chi connectivity index (χ0v) is 9.13. The molecular weight excluding hydrogens is 206 g/mol. The van der Waals surface area contributed by atoms with Gasteiger partial charge in [-0.05, 0) is 12.5 Å². The van der Waals surface area contributed by atoms with E-state index in [1.807, 2.05) is 6.07 Å². The van der Waals surface area contributed by atoms with E-state index in [0.29, 0.717) is 13.0 Å². The summed E-state index contributed by atoms with van der Waals surface area (Å²) in [7, 11) is 0. The third-order valence-corrected chi connectivity index (χ3v) is 3.18. The minimum atomic E-state index is -0.487. The van der Waals surface area contributed by atoms with Crippen LogP contribution in [0.3, 0.4) is 0 Å². The highest BCUT2D eigenvalue weighted by molar-refractivity contribution is 5.45. The molecule has 16 heavy (non-hydrogen) atoms. The Morgan fingerprint density at radius 3 is 2.94 bits per heavy atom. The third kappa shape index (κ3) is 1.57. The average molecular weight is 220 g/mol. The molecule has 0 saturated carbocycles. The molecule has 1 aliphatic rings. The fourth-order valence-corrected chi connectivity index (χ4v) is 2.20. The summed E-state index contributed by atoms with van der Waals surface area (Å²) in [6.07, 6.45) is 0.679. The van der Waals surface area contributed by atoms with E-state index < -0.39 is 5.56 Å². The molecule has 0 amide bonds. The monoisotopic (exact) mass is 220 g/mol. The largest absolute Gasteiger partial charge is 0.494 e. The van der Waals surface area contributed by atoms with E-state index >= 15 is 0 Å². The molecule has 0 aliphatic carbocycles. The van der Waals surface area contributed by atoms with E-state index in [0.717, 1.165) is 24.2 Å². The van der Waals surface area contributed by atoms with Gasteiger partial charge in [0.15, 0.2) is 0 Å². The Kier molecular flexibility index (Phi) is 2.67. The third-order valence-electron chi connectivity index (χ3n) is 3.18. The van der Waals surface area contributed by atoms with Gasteiger partial charge >= 0.3 is 0 Å². The fourth-order valence-electron chi connectivity index (χ4n) is 2.20. The molecule has 5 heteroatoms. The van der Waals surface area contributed by atoms with Crippen molar-refractivity contribution < 1.29 is 10.0 Å². The summed E-state index contributed by atoms with van der Waals surface area (Å²) >= 11 is 0. The predicted octanol–water partition coefficient (Wildman–Crippen LogP) is -1.09. The number of aromatic hydroxyl groups is 1. The average Bonchev–Trinajstić information content (AvgIpc) is 2.29. The molecular formula is C11H14N3O2+. The Bertz CT molecular complexity index is 513. The van der Waals surface area contributed by atoms with Gasteiger partial charge in [0.1, 0.15) is 18.2 Å². The van der Waals surface area contributed by atoms with Crippen molar-refractivity contribution in [3.63, 3.8) is 0 Å². The van der Waals surface area contributed by atoms with Gasteiger partial charge in [0.05, 0.1) is 18.7 Å². The number of fused-ring (bicyclic) bond motifs is 1. The second-order valence-corrected chi connectivity index (χ2v) is 4.03. The maximum atomic E-state index is 11.4. The molecule has 3 N–H and O–H groups in total. The number of hydrogen-bond donors (Lipinski definition) is 3. The zero-order valence-electron chi connectivity index (χ0n) is 9.13. The lowest BCUT2D eigenvalue weighted by Crippen LogP contribution is -3.11. The van der Waals surface area contributed by atoms with Gasteiger partial charge in [0, 0.05) is 6.42 Å². The SMILES string of the molecule is CC[NH+]1CCc2c(c(O)[nH]c(=O)c2C#N)C1. The Morgan fingerprint density at radius 2 is 2.31 bits per heavy atom. The van der Waals surface area contributed by atoms with E-state index in [1.54, 1.807) is 0 Å². The van der Waals surface area contributed by atoms with Gasteiger partial charge in [-0.2, -0.15) is 5.26 Å². The Morgan fingerprint density at radius 1 is 1.56 bits per heavy atom. The highest BCUT2D eigenvalue weighted by Crippen LogP contribution is 2.20. The van der Waals surface area contributed by atoms with Crippen LogP contribution in [0.25, 0.3) is 0 Å². The number of quaternary nitrogens is 1. The van der Waals surface area contributed by atoms with E-state index in [4.69, 9.17) is 5.26 Å². The number of aromatic nitrogens is 1. The molecule has 1 unspecified atom stereocenters. The number of aromatic amines is 1. The van der Waals surface area contributed by atoms with Crippen molar-refractivity contribution in [2.24, 2.45) is 0 Å². The number of nitrogens with zero attached hydrogens (tertiary/aromatic N) is 1. The van der Waals surface area contributed by atoms with Crippen LogP contribution in [0, 0.1) is 11.3 Å². The molecule has 0 bridgehead atoms. The highest BCUT2D eigenvalue weighted by atomic mass is 16.3. The number of nitrogens with one attached hydrogen (secondary N) is 2. The molecule has 1 aliphatic heterocycles. The van der Waals surface area contributed by atoms with Gasteiger partial charge in [-0.3, -0.25) is 9.78 Å². The van der Waals surface area contributed by atoms with Gasteiger partial charge in [-0.15, -0.1) is 0 Å². The van der Waals surface area contributed by atoms with Gasteiger partial charge in [0.25, 0.3) is 5.56 Å². The maximum absolute atomic E-state index is 11.4. The minimum absolute atomic E-state index is 0.0790. The molecule has 1 atom stereocenters. The van der Waals surface area contributed by atoms with Gasteiger partial charge in [-0.1, -0.05) is 0 Å². The second-order valence-electron chi connectivity index (χ2n) is 4.03. The van der Waals surface area contributed by atoms with Crippen molar-refractivity contribution >= 4 is 0 Å². The standard InChI is InChI=1S/C11H13N3O2/c1-2-14-4-3-7-8(5-12)10(15)13-11(16)9(7)6-14/h2-4,6H2,1H3,(H2,13,15,16)/p+1. The van der Waals surface area contributed by atoms with Crippen LogP contribution in [0.1, 0.15) is 23.6 Å². The van der Waals surface area contributed by atoms with Crippen LogP contribution in [0.2, 0.25) is 0 Å². The maximum Gasteiger partial charge on any atom is 0.268 e. The first kappa shape index (κ1) is 10.7. The lowest BCUT2D eigenvalue weighted by molar-refractivity contribution is -0.914. The Hall–Kier alpha value is -1.80. The lowest BCUT2D eigenvalue weighted by atomic mass is 9.97. The van der Waals surface area contributed by atoms with Crippen molar-refractivity contribution in [2.45, 2.75) is 19.9 Å². The first-order valence-electron chi connectivity index (χ1n) is 5.38. The van der Waals surface area contributed by atoms with Crippen molar-refractivity contribution in [3.8, 4) is 11.9 Å². The second kappa shape index (κ2) is 3.99. The Labute approximate surface area is 92.9 Å². The molecule has 2 rings (SSSR count). The molecule has 0 spiro atoms. The van der Waals surface area contributed by atoms with E-state index in [1.165, 1.54) is 4.90 Å². The molecule has 5 nitrogen and oxygen atoms in total. The predicted molar refractivity (Wildman–Crippen MR) is 57.2 cm³/mol. The summed E-state index contributed by atoms with van der Waals surface area (Å²) in [5.74, 6) is -0.0790. The lowest BCUT2D eigenvalue weighted by Gasteiger charge is -2.25. The minimum Gasteiger partial charge on any atom is -0.494 e. The molecule has 2 heterocycles. The van der Waals surface area contributed by atoms with Gasteiger partial charge < -0.3 is 10.0 Å². The van der Waals surface area contributed by atoms with E-state index in [-0.39, 0.29) is 11.4 Å². The van der Waals surface area contributed by atoms with Gasteiger partial charge in [0.2, 0.25) is 5.88 Å². The smallest absolute Gasteiger partial charge is 0.268 e. The van der Waals surface area contributed by atoms with Gasteiger partial charge in [-0.25, -0.2) is 0 Å². The van der Waals surface area contributed by atoms with Crippen LogP contribution < -0.4 is 10.5 Å². The first-order chi connectivity index (χ1) is 7.67. The first-order valence-corrected chi connectivity index (χ1v) is 5.38. The van der Waals surface area contributed by atoms with E-state index in [2.05, 4.69) is 11.9 Å². The van der Waals surface area contributed by atoms with Crippen LogP contribution in [-0.4, -0.2) is 23.2 Å². The summed E-state index contributed by atoms with van der Waals surface area (Å²) in [4.78, 5) is 15.1. The summed E-state index contributed by atoms with van der Waals surface area (Å²) in [5, 5.41) is 18.6. The number of pyridine rings is 1. The molecule has 0 radical (unpaired) electrons. The summed E-state index contributed by atoms with van der Waals surface area (Å²) in [6.45, 7) is 4.62. The summed E-state index contributed by atoms with van der Waals surface area (Å²) < 4.78 is 0. The van der Waals surface area contributed by atoms with Crippen LogP contribution >= 0.6 is 0 Å². The van der Waals surface area contributed by atoms with Crippen molar-refractivity contribution in [1.82, 2.24) is 4.98 Å². The van der Waals surface area contributed by atoms with E-state index in [9.17, 15) is 9.90 Å². The number of nitriles is 1. The van der Waals surface area contributed by atoms with Crippen molar-refractivity contribution in [2.75, 3.05) is 13.1 Å². The molecule has 84 valence electrons. The van der Waals surface area contributed by atoms with Crippen molar-refractivity contribution in [3.05, 3.63) is 27.0 Å². The molecule has 1 aromatic rings. The Balaban J connectivity index is 2.58. The number of hydrogen-bond acceptors (Lipinski definition) is 3. The van der Waals surface area contributed by atoms with Crippen LogP contribution in [0.5, 0.6) is 5.88 Å². The molecule has 1 aromatic heterocycles. The van der Waals surface area contributed by atoms with Crippen LogP contribution in [0.4, 0.5) is 0 Å². The number of rotatable bonds is 1. The normalized spacial score (nSPS) is 18.9.